The van der Waals surface area contributed by atoms with Gasteiger partial charge in [0.25, 0.3) is 0 Å². The maximum Gasteiger partial charge on any atom is 0.410 e. The minimum absolute atomic E-state index is 0.0655. The monoisotopic (exact) mass is 574 g/mol. The van der Waals surface area contributed by atoms with Gasteiger partial charge in [-0.3, -0.25) is 19.3 Å². The number of likely N-dealkylation sites (N-methyl/N-ethyl adjacent to an activating group) is 1. The van der Waals surface area contributed by atoms with Crippen LogP contribution in [-0.4, -0.2) is 76.0 Å². The number of carbonyl (C=O) groups is 4. The highest BCUT2D eigenvalue weighted by atomic mass is 32.2. The number of rotatable bonds is 10. The molecule has 9 nitrogen and oxygen atoms in total. The van der Waals surface area contributed by atoms with Crippen LogP contribution in [-0.2, 0) is 25.5 Å². The fourth-order valence-electron chi connectivity index (χ4n) is 5.07. The highest BCUT2D eigenvalue weighted by Gasteiger charge is 2.39. The first kappa shape index (κ1) is 31.8. The smallest absolute Gasteiger partial charge is 0.410 e. The molecule has 40 heavy (non-hydrogen) atoms. The van der Waals surface area contributed by atoms with Crippen LogP contribution in [0.15, 0.2) is 24.3 Å². The Bertz CT molecular complexity index is 1060. The summed E-state index contributed by atoms with van der Waals surface area (Å²) in [5.41, 5.74) is 1.72. The highest BCUT2D eigenvalue weighted by molar-refractivity contribution is 7.99. The third-order valence-corrected chi connectivity index (χ3v) is 8.52. The molecule has 1 aliphatic heterocycles. The first-order valence-electron chi connectivity index (χ1n) is 14.5. The van der Waals surface area contributed by atoms with Crippen molar-refractivity contribution in [3.63, 3.8) is 0 Å². The molecule has 4 amide bonds. The normalized spacial score (nSPS) is 20.2. The van der Waals surface area contributed by atoms with Crippen LogP contribution in [0.4, 0.5) is 4.79 Å². The Morgan fingerprint density at radius 1 is 1.18 bits per heavy atom. The Hall–Kier alpha value is -2.75. The van der Waals surface area contributed by atoms with Crippen LogP contribution >= 0.6 is 11.8 Å². The van der Waals surface area contributed by atoms with Gasteiger partial charge in [0.15, 0.2) is 0 Å². The van der Waals surface area contributed by atoms with Crippen LogP contribution in [0.5, 0.6) is 0 Å². The Labute approximate surface area is 243 Å². The lowest BCUT2D eigenvalue weighted by Gasteiger charge is -2.32. The molecule has 0 saturated carbocycles. The van der Waals surface area contributed by atoms with Crippen LogP contribution < -0.4 is 10.6 Å². The molecule has 10 heteroatoms. The molecule has 1 aromatic carbocycles. The number of hydrogen-bond donors (Lipinski definition) is 2. The van der Waals surface area contributed by atoms with Gasteiger partial charge in [0.05, 0.1) is 11.9 Å². The van der Waals surface area contributed by atoms with E-state index in [-0.39, 0.29) is 17.9 Å². The molecule has 1 aliphatic carbocycles. The summed E-state index contributed by atoms with van der Waals surface area (Å²) < 4.78 is 5.39. The maximum absolute atomic E-state index is 13.8. The number of benzene rings is 1. The molecule has 3 rings (SSSR count). The van der Waals surface area contributed by atoms with Crippen LogP contribution in [0.3, 0.4) is 0 Å². The van der Waals surface area contributed by atoms with Crippen LogP contribution in [0.2, 0.25) is 0 Å². The lowest BCUT2D eigenvalue weighted by molar-refractivity contribution is -0.142. The molecule has 4 atom stereocenters. The van der Waals surface area contributed by atoms with Crippen molar-refractivity contribution < 1.29 is 23.9 Å². The molecular weight excluding hydrogens is 528 g/mol. The van der Waals surface area contributed by atoms with E-state index in [0.717, 1.165) is 44.1 Å². The van der Waals surface area contributed by atoms with E-state index in [2.05, 4.69) is 29.7 Å². The number of ether oxygens (including phenoxy) is 1. The summed E-state index contributed by atoms with van der Waals surface area (Å²) in [6, 6.07) is 5.92. The molecule has 0 spiro atoms. The van der Waals surface area contributed by atoms with Crippen molar-refractivity contribution >= 4 is 35.6 Å². The molecule has 2 N–H and O–H groups in total. The minimum Gasteiger partial charge on any atom is -0.444 e. The molecular formula is C30H46N4O5S. The van der Waals surface area contributed by atoms with E-state index in [1.165, 1.54) is 17.5 Å². The van der Waals surface area contributed by atoms with E-state index in [1.807, 2.05) is 12.1 Å². The summed E-state index contributed by atoms with van der Waals surface area (Å²) in [6.07, 6.45) is 5.40. The van der Waals surface area contributed by atoms with Gasteiger partial charge in [-0.1, -0.05) is 50.5 Å². The Balaban J connectivity index is 1.69. The largest absolute Gasteiger partial charge is 0.444 e. The summed E-state index contributed by atoms with van der Waals surface area (Å²) in [5, 5.41) is 6.09. The van der Waals surface area contributed by atoms with Crippen LogP contribution in [0, 0.1) is 0 Å². The number of amides is 4. The number of thioether (sulfide) groups is 1. The van der Waals surface area contributed by atoms with Crippen LogP contribution in [0.1, 0.15) is 90.3 Å². The number of carbonyl (C=O) groups excluding carboxylic acids is 4. The van der Waals surface area contributed by atoms with Gasteiger partial charge in [0.2, 0.25) is 17.7 Å². The standard InChI is InChI=1S/C30H46N4O5S/c1-7-8-9-16-24(32-26(35)20(2)33(6)29(38)39-30(3,4)5)28(37)34-19-40-18-25(34)27(36)31-23-17-12-14-21-13-10-11-15-22(21)23/h10-11,13,15,20,23-25H,7-9,12,14,16-19H2,1-6H3,(H,31,36)(H,32,35)/t20-,23+,24-,25-/m0/s1. The Morgan fingerprint density at radius 2 is 1.90 bits per heavy atom. The number of fused-ring (bicyclic) bond motifs is 1. The van der Waals surface area contributed by atoms with Crippen molar-refractivity contribution in [2.75, 3.05) is 18.7 Å². The van der Waals surface area contributed by atoms with Crippen molar-refractivity contribution in [2.24, 2.45) is 0 Å². The van der Waals surface area contributed by atoms with Crippen LogP contribution in [0.25, 0.3) is 0 Å². The minimum atomic E-state index is -0.838. The van der Waals surface area contributed by atoms with Crippen molar-refractivity contribution in [2.45, 2.75) is 109 Å². The lowest BCUT2D eigenvalue weighted by atomic mass is 9.87. The second kappa shape index (κ2) is 14.2. The van der Waals surface area contributed by atoms with Crippen molar-refractivity contribution in [1.29, 1.82) is 0 Å². The fourth-order valence-corrected chi connectivity index (χ4v) is 6.23. The average Bonchev–Trinajstić information content (AvgIpc) is 3.41. The quantitative estimate of drug-likeness (QED) is 0.401. The van der Waals surface area contributed by atoms with Gasteiger partial charge in [0.1, 0.15) is 23.7 Å². The first-order chi connectivity index (χ1) is 18.9. The molecule has 0 radical (unpaired) electrons. The van der Waals surface area contributed by atoms with E-state index in [9.17, 15) is 19.2 Å². The van der Waals surface area contributed by atoms with E-state index in [1.54, 1.807) is 44.4 Å². The molecule has 1 heterocycles. The summed E-state index contributed by atoms with van der Waals surface area (Å²) in [7, 11) is 1.51. The second-order valence-electron chi connectivity index (χ2n) is 11.8. The van der Waals surface area contributed by atoms with Gasteiger partial charge in [-0.2, -0.15) is 0 Å². The average molecular weight is 575 g/mol. The zero-order valence-electron chi connectivity index (χ0n) is 24.8. The van der Waals surface area contributed by atoms with E-state index in [0.29, 0.717) is 18.1 Å². The molecule has 1 aromatic rings. The van der Waals surface area contributed by atoms with Crippen molar-refractivity contribution in [1.82, 2.24) is 20.4 Å². The lowest BCUT2D eigenvalue weighted by Crippen LogP contribution is -2.57. The summed E-state index contributed by atoms with van der Waals surface area (Å²) in [4.78, 5) is 55.8. The van der Waals surface area contributed by atoms with Gasteiger partial charge in [0, 0.05) is 12.8 Å². The van der Waals surface area contributed by atoms with Gasteiger partial charge in [-0.15, -0.1) is 11.8 Å². The van der Waals surface area contributed by atoms with Gasteiger partial charge >= 0.3 is 6.09 Å². The van der Waals surface area contributed by atoms with E-state index >= 15 is 0 Å². The van der Waals surface area contributed by atoms with Gasteiger partial charge in [-0.05, 0) is 64.5 Å². The second-order valence-corrected chi connectivity index (χ2v) is 12.8. The number of unbranched alkanes of at least 4 members (excludes halogenated alkanes) is 2. The third-order valence-electron chi connectivity index (χ3n) is 7.51. The zero-order chi connectivity index (χ0) is 29.4. The first-order valence-corrected chi connectivity index (χ1v) is 15.6. The van der Waals surface area contributed by atoms with E-state index in [4.69, 9.17) is 4.74 Å². The summed E-state index contributed by atoms with van der Waals surface area (Å²) in [6.45, 7) is 8.98. The van der Waals surface area contributed by atoms with Gasteiger partial charge in [-0.25, -0.2) is 4.79 Å². The predicted octanol–water partition coefficient (Wildman–Crippen LogP) is 4.40. The number of nitrogens with zero attached hydrogens (tertiary/aromatic N) is 2. The Morgan fingerprint density at radius 3 is 2.60 bits per heavy atom. The molecule has 0 unspecified atom stereocenters. The zero-order valence-corrected chi connectivity index (χ0v) is 25.6. The molecule has 1 saturated heterocycles. The van der Waals surface area contributed by atoms with Gasteiger partial charge < -0.3 is 20.3 Å². The number of hydrogen-bond acceptors (Lipinski definition) is 6. The van der Waals surface area contributed by atoms with Crippen molar-refractivity contribution in [3.05, 3.63) is 35.4 Å². The fraction of sp³-hybridized carbons (Fsp3) is 0.667. The molecule has 2 aliphatic rings. The highest BCUT2D eigenvalue weighted by Crippen LogP contribution is 2.31. The third kappa shape index (κ3) is 8.38. The van der Waals surface area contributed by atoms with Crippen molar-refractivity contribution in [3.8, 4) is 0 Å². The number of nitrogens with one attached hydrogen (secondary N) is 2. The SMILES string of the molecule is CCCCC[C@H](NC(=O)[C@H](C)N(C)C(=O)OC(C)(C)C)C(=O)N1CSC[C@H]1C(=O)N[C@@H]1CCCc2ccccc21. The molecule has 0 bridgehead atoms. The molecule has 1 fully saturated rings. The Kier molecular flexibility index (Phi) is 11.3. The maximum atomic E-state index is 13.8. The molecule has 222 valence electrons. The summed E-state index contributed by atoms with van der Waals surface area (Å²) in [5.74, 6) is 0.0581. The topological polar surface area (TPSA) is 108 Å². The summed E-state index contributed by atoms with van der Waals surface area (Å²) >= 11 is 1.54. The van der Waals surface area contributed by atoms with E-state index < -0.39 is 35.7 Å². The predicted molar refractivity (Wildman–Crippen MR) is 158 cm³/mol. The number of aryl methyl sites for hydroxylation is 1. The molecule has 0 aromatic heterocycles.